The number of hydrogen-bond acceptors (Lipinski definition) is 5. The van der Waals surface area contributed by atoms with Crippen molar-refractivity contribution >= 4 is 11.9 Å². The third kappa shape index (κ3) is 4.68. The molecule has 0 rings (SSSR count). The molecule has 5 heteroatoms. The molecule has 0 aliphatic carbocycles. The number of nitrogens with two attached hydrogens (primary N) is 1. The van der Waals surface area contributed by atoms with Gasteiger partial charge in [0, 0.05) is 0 Å². The average molecular weight is 175 g/mol. The highest BCUT2D eigenvalue weighted by Crippen LogP contribution is 1.86. The maximum Gasteiger partial charge on any atom is 0.344 e. The van der Waals surface area contributed by atoms with E-state index in [4.69, 9.17) is 5.73 Å². The molecule has 0 aliphatic heterocycles. The lowest BCUT2D eigenvalue weighted by Gasteiger charge is -2.05. The van der Waals surface area contributed by atoms with Crippen LogP contribution in [0.2, 0.25) is 0 Å². The highest BCUT2D eigenvalue weighted by Gasteiger charge is 2.11. The second kappa shape index (κ2) is 5.54. The van der Waals surface area contributed by atoms with E-state index in [-0.39, 0.29) is 13.2 Å². The summed E-state index contributed by atoms with van der Waals surface area (Å²) in [6.07, 6.45) is 0. The fourth-order valence-corrected chi connectivity index (χ4v) is 0.464. The van der Waals surface area contributed by atoms with Crippen LogP contribution in [0.3, 0.4) is 0 Å². The van der Waals surface area contributed by atoms with Gasteiger partial charge in [-0.15, -0.1) is 0 Å². The molecule has 0 spiro atoms. The summed E-state index contributed by atoms with van der Waals surface area (Å²) in [5, 5.41) is 0. The molecule has 70 valence electrons. The molecular weight excluding hydrogens is 162 g/mol. The first kappa shape index (κ1) is 10.9. The van der Waals surface area contributed by atoms with Crippen molar-refractivity contribution in [1.82, 2.24) is 0 Å². The molecule has 1 unspecified atom stereocenters. The molecule has 0 amide bonds. The van der Waals surface area contributed by atoms with Gasteiger partial charge in [0.1, 0.15) is 6.04 Å². The van der Waals surface area contributed by atoms with Gasteiger partial charge in [-0.05, 0) is 13.8 Å². The zero-order valence-corrected chi connectivity index (χ0v) is 7.20. The first-order valence-corrected chi connectivity index (χ1v) is 3.65. The van der Waals surface area contributed by atoms with Gasteiger partial charge in [0.2, 0.25) is 0 Å². The summed E-state index contributed by atoms with van der Waals surface area (Å²) < 4.78 is 8.99. The number of hydrogen-bond donors (Lipinski definition) is 1. The van der Waals surface area contributed by atoms with Gasteiger partial charge in [-0.1, -0.05) is 0 Å². The van der Waals surface area contributed by atoms with Crippen LogP contribution in [0.1, 0.15) is 13.8 Å². The van der Waals surface area contributed by atoms with Crippen LogP contribution in [0.5, 0.6) is 0 Å². The lowest BCUT2D eigenvalue weighted by Crippen LogP contribution is -2.30. The third-order valence-electron chi connectivity index (χ3n) is 1.01. The predicted octanol–water partition coefficient (Wildman–Crippen LogP) is -0.560. The van der Waals surface area contributed by atoms with Gasteiger partial charge in [-0.25, -0.2) is 4.79 Å². The van der Waals surface area contributed by atoms with E-state index in [0.29, 0.717) is 0 Å². The first-order valence-electron chi connectivity index (χ1n) is 3.65. The Kier molecular flexibility index (Phi) is 5.03. The van der Waals surface area contributed by atoms with E-state index in [9.17, 15) is 9.59 Å². The van der Waals surface area contributed by atoms with Crippen molar-refractivity contribution in [3.8, 4) is 0 Å². The molecule has 0 bridgehead atoms. The molecule has 0 heterocycles. The Morgan fingerprint density at radius 2 is 2.00 bits per heavy atom. The normalized spacial score (nSPS) is 11.9. The second-order valence-electron chi connectivity index (χ2n) is 2.20. The van der Waals surface area contributed by atoms with Gasteiger partial charge < -0.3 is 15.2 Å². The summed E-state index contributed by atoms with van der Waals surface area (Å²) in [7, 11) is 0. The Labute approximate surface area is 70.8 Å². The van der Waals surface area contributed by atoms with Crippen molar-refractivity contribution in [2.45, 2.75) is 19.9 Å². The van der Waals surface area contributed by atoms with Gasteiger partial charge in [0.15, 0.2) is 6.61 Å². The minimum atomic E-state index is -0.709. The molecule has 0 aliphatic rings. The largest absolute Gasteiger partial charge is 0.463 e. The topological polar surface area (TPSA) is 78.6 Å². The van der Waals surface area contributed by atoms with Crippen molar-refractivity contribution in [3.63, 3.8) is 0 Å². The minimum absolute atomic E-state index is 0.272. The van der Waals surface area contributed by atoms with Crippen LogP contribution < -0.4 is 5.73 Å². The van der Waals surface area contributed by atoms with Gasteiger partial charge in [0.25, 0.3) is 0 Å². The Balaban J connectivity index is 3.54. The maximum atomic E-state index is 10.7. The molecule has 5 nitrogen and oxygen atoms in total. The zero-order chi connectivity index (χ0) is 9.56. The SMILES string of the molecule is CCOC(=O)COC(=O)C(C)N. The van der Waals surface area contributed by atoms with E-state index in [1.807, 2.05) is 0 Å². The lowest BCUT2D eigenvalue weighted by atomic mass is 10.4. The number of carbonyl (C=O) groups is 2. The molecule has 0 fully saturated rings. The summed E-state index contributed by atoms with van der Waals surface area (Å²) in [4.78, 5) is 21.3. The number of rotatable bonds is 4. The molecule has 0 radical (unpaired) electrons. The van der Waals surface area contributed by atoms with E-state index in [1.165, 1.54) is 6.92 Å². The van der Waals surface area contributed by atoms with E-state index in [1.54, 1.807) is 6.92 Å². The van der Waals surface area contributed by atoms with Crippen LogP contribution in [0.25, 0.3) is 0 Å². The van der Waals surface area contributed by atoms with Crippen molar-refractivity contribution < 1.29 is 19.1 Å². The summed E-state index contributed by atoms with van der Waals surface area (Å²) in [5.74, 6) is -1.17. The van der Waals surface area contributed by atoms with Crippen LogP contribution in [0.4, 0.5) is 0 Å². The third-order valence-corrected chi connectivity index (χ3v) is 1.01. The molecule has 0 aromatic carbocycles. The van der Waals surface area contributed by atoms with Gasteiger partial charge in [0.05, 0.1) is 6.61 Å². The molecule has 0 aromatic heterocycles. The summed E-state index contributed by atoms with van der Waals surface area (Å²) in [5.41, 5.74) is 5.17. The molecule has 12 heavy (non-hydrogen) atoms. The molecule has 0 saturated carbocycles. The van der Waals surface area contributed by atoms with Crippen LogP contribution >= 0.6 is 0 Å². The fraction of sp³-hybridized carbons (Fsp3) is 0.714. The Hall–Kier alpha value is -1.10. The van der Waals surface area contributed by atoms with Crippen molar-refractivity contribution in [3.05, 3.63) is 0 Å². The quantitative estimate of drug-likeness (QED) is 0.579. The summed E-state index contributed by atoms with van der Waals surface area (Å²) >= 11 is 0. The molecule has 1 atom stereocenters. The van der Waals surface area contributed by atoms with E-state index in [0.717, 1.165) is 0 Å². The minimum Gasteiger partial charge on any atom is -0.463 e. The number of carbonyl (C=O) groups excluding carboxylic acids is 2. The smallest absolute Gasteiger partial charge is 0.344 e. The lowest BCUT2D eigenvalue weighted by molar-refractivity contribution is -0.159. The highest BCUT2D eigenvalue weighted by atomic mass is 16.6. The van der Waals surface area contributed by atoms with Gasteiger partial charge in [-0.3, -0.25) is 4.79 Å². The van der Waals surface area contributed by atoms with Crippen LogP contribution in [0, 0.1) is 0 Å². The van der Waals surface area contributed by atoms with Gasteiger partial charge in [-0.2, -0.15) is 0 Å². The zero-order valence-electron chi connectivity index (χ0n) is 7.20. The van der Waals surface area contributed by atoms with Gasteiger partial charge >= 0.3 is 11.9 Å². The molecule has 2 N–H and O–H groups in total. The second-order valence-corrected chi connectivity index (χ2v) is 2.20. The fourth-order valence-electron chi connectivity index (χ4n) is 0.464. The molecule has 0 aromatic rings. The molecule has 0 saturated heterocycles. The number of esters is 2. The summed E-state index contributed by atoms with van der Waals surface area (Å²) in [6.45, 7) is 3.06. The summed E-state index contributed by atoms with van der Waals surface area (Å²) in [6, 6.07) is -0.709. The monoisotopic (exact) mass is 175 g/mol. The van der Waals surface area contributed by atoms with Crippen LogP contribution in [-0.4, -0.2) is 31.2 Å². The number of ether oxygens (including phenoxy) is 2. The first-order chi connectivity index (χ1) is 5.57. The van der Waals surface area contributed by atoms with E-state index in [2.05, 4.69) is 9.47 Å². The maximum absolute atomic E-state index is 10.7. The molecular formula is C7H13NO4. The Bertz CT molecular complexity index is 167. The van der Waals surface area contributed by atoms with E-state index >= 15 is 0 Å². The van der Waals surface area contributed by atoms with Crippen molar-refractivity contribution in [1.29, 1.82) is 0 Å². The Morgan fingerprint density at radius 1 is 1.42 bits per heavy atom. The predicted molar refractivity (Wildman–Crippen MR) is 41.2 cm³/mol. The van der Waals surface area contributed by atoms with Crippen molar-refractivity contribution in [2.24, 2.45) is 5.73 Å². The Morgan fingerprint density at radius 3 is 2.42 bits per heavy atom. The van der Waals surface area contributed by atoms with Crippen molar-refractivity contribution in [2.75, 3.05) is 13.2 Å². The highest BCUT2D eigenvalue weighted by molar-refractivity contribution is 5.79. The van der Waals surface area contributed by atoms with Crippen LogP contribution in [0.15, 0.2) is 0 Å². The van der Waals surface area contributed by atoms with Crippen LogP contribution in [-0.2, 0) is 19.1 Å². The van der Waals surface area contributed by atoms with E-state index < -0.39 is 18.0 Å². The average Bonchev–Trinajstić information content (AvgIpc) is 2.00. The standard InChI is InChI=1S/C7H13NO4/c1-3-11-6(9)4-12-7(10)5(2)8/h5H,3-4,8H2,1-2H3.